The van der Waals surface area contributed by atoms with E-state index in [1.807, 2.05) is 18.2 Å². The second-order valence-corrected chi connectivity index (χ2v) is 5.73. The average molecular weight is 258 g/mol. The van der Waals surface area contributed by atoms with Gasteiger partial charge in [-0.2, -0.15) is 0 Å². The van der Waals surface area contributed by atoms with Crippen LogP contribution in [0.15, 0.2) is 42.0 Å². The highest BCUT2D eigenvalue weighted by Crippen LogP contribution is 2.37. The molecule has 19 heavy (non-hydrogen) atoms. The maximum Gasteiger partial charge on any atom is 0.338 e. The second kappa shape index (κ2) is 5.60. The van der Waals surface area contributed by atoms with E-state index in [1.54, 1.807) is 12.1 Å². The first-order chi connectivity index (χ1) is 9.03. The average Bonchev–Trinajstić information content (AvgIpc) is 2.42. The Labute approximate surface area is 115 Å². The molecule has 2 heteroatoms. The van der Waals surface area contributed by atoms with Crippen LogP contribution in [-0.4, -0.2) is 11.6 Å². The summed E-state index contributed by atoms with van der Waals surface area (Å²) >= 11 is 0. The molecule has 1 aliphatic carbocycles. The first kappa shape index (κ1) is 13.9. The molecule has 0 aliphatic heterocycles. The van der Waals surface area contributed by atoms with Crippen molar-refractivity contribution in [3.63, 3.8) is 0 Å². The van der Waals surface area contributed by atoms with Crippen LogP contribution in [-0.2, 0) is 4.74 Å². The maximum atomic E-state index is 12.3. The number of rotatable bonds is 3. The molecular formula is C17H22O2. The summed E-state index contributed by atoms with van der Waals surface area (Å²) in [6.07, 6.45) is 4.97. The van der Waals surface area contributed by atoms with Gasteiger partial charge in [0.1, 0.15) is 5.60 Å². The van der Waals surface area contributed by atoms with Crippen molar-refractivity contribution in [3.05, 3.63) is 47.5 Å². The Morgan fingerprint density at radius 3 is 2.47 bits per heavy atom. The van der Waals surface area contributed by atoms with Gasteiger partial charge < -0.3 is 4.74 Å². The lowest BCUT2D eigenvalue weighted by molar-refractivity contribution is -0.0495. The predicted octanol–water partition coefficient (Wildman–Crippen LogP) is 4.37. The van der Waals surface area contributed by atoms with Crippen molar-refractivity contribution in [2.75, 3.05) is 0 Å². The number of carbonyl (C=O) groups excluding carboxylic acids is 1. The summed E-state index contributed by atoms with van der Waals surface area (Å²) in [6, 6.07) is 9.25. The molecule has 0 heterocycles. The van der Waals surface area contributed by atoms with Gasteiger partial charge in [-0.15, -0.1) is 0 Å². The van der Waals surface area contributed by atoms with Gasteiger partial charge in [0.25, 0.3) is 0 Å². The third-order valence-electron chi connectivity index (χ3n) is 4.10. The third kappa shape index (κ3) is 3.06. The molecule has 0 fully saturated rings. The summed E-state index contributed by atoms with van der Waals surface area (Å²) in [5.41, 5.74) is 1.69. The molecule has 0 unspecified atom stereocenters. The van der Waals surface area contributed by atoms with Gasteiger partial charge in [0.15, 0.2) is 0 Å². The summed E-state index contributed by atoms with van der Waals surface area (Å²) in [6.45, 7) is 6.41. The lowest BCUT2D eigenvalue weighted by Crippen LogP contribution is -2.41. The second-order valence-electron chi connectivity index (χ2n) is 5.73. The van der Waals surface area contributed by atoms with Gasteiger partial charge in [0.2, 0.25) is 0 Å². The van der Waals surface area contributed by atoms with E-state index < -0.39 is 0 Å². The maximum absolute atomic E-state index is 12.3. The zero-order valence-corrected chi connectivity index (χ0v) is 12.0. The van der Waals surface area contributed by atoms with Crippen molar-refractivity contribution in [2.24, 2.45) is 5.92 Å². The van der Waals surface area contributed by atoms with E-state index in [0.717, 1.165) is 19.3 Å². The van der Waals surface area contributed by atoms with E-state index >= 15 is 0 Å². The Hall–Kier alpha value is -1.57. The molecule has 2 rings (SSSR count). The Bertz CT molecular complexity index is 473. The standard InChI is InChI=1S/C17H22O2/c1-13(2)17(11-9-14(3)10-12-17)19-16(18)15-7-5-4-6-8-15/h4-9,13H,10-12H2,1-3H3/t17-/m0/s1. The molecule has 0 radical (unpaired) electrons. The SMILES string of the molecule is CC1=CC[C@@](OC(=O)c2ccccc2)(C(C)C)CC1. The number of esters is 1. The van der Waals surface area contributed by atoms with Crippen molar-refractivity contribution >= 4 is 5.97 Å². The molecule has 1 aromatic carbocycles. The lowest BCUT2D eigenvalue weighted by atomic mass is 9.78. The van der Waals surface area contributed by atoms with Crippen LogP contribution in [0.2, 0.25) is 0 Å². The number of carbonyl (C=O) groups is 1. The summed E-state index contributed by atoms with van der Waals surface area (Å²) in [7, 11) is 0. The highest BCUT2D eigenvalue weighted by atomic mass is 16.6. The Balaban J connectivity index is 2.17. The molecule has 1 aliphatic rings. The Morgan fingerprint density at radius 1 is 1.26 bits per heavy atom. The number of hydrogen-bond donors (Lipinski definition) is 0. The van der Waals surface area contributed by atoms with Crippen LogP contribution in [0, 0.1) is 5.92 Å². The highest BCUT2D eigenvalue weighted by molar-refractivity contribution is 5.89. The molecule has 0 spiro atoms. The molecule has 0 bridgehead atoms. The fourth-order valence-electron chi connectivity index (χ4n) is 2.51. The predicted molar refractivity (Wildman–Crippen MR) is 77.0 cm³/mol. The molecule has 0 amide bonds. The van der Waals surface area contributed by atoms with Crippen LogP contribution in [0.4, 0.5) is 0 Å². The molecule has 1 aromatic rings. The third-order valence-corrected chi connectivity index (χ3v) is 4.10. The van der Waals surface area contributed by atoms with Crippen LogP contribution < -0.4 is 0 Å². The zero-order chi connectivity index (χ0) is 13.9. The largest absolute Gasteiger partial charge is 0.455 e. The molecule has 0 aromatic heterocycles. The first-order valence-corrected chi connectivity index (χ1v) is 6.97. The summed E-state index contributed by atoms with van der Waals surface area (Å²) < 4.78 is 5.89. The van der Waals surface area contributed by atoms with E-state index in [0.29, 0.717) is 11.5 Å². The Kier molecular flexibility index (Phi) is 4.08. The monoisotopic (exact) mass is 258 g/mol. The van der Waals surface area contributed by atoms with Gasteiger partial charge >= 0.3 is 5.97 Å². The van der Waals surface area contributed by atoms with Gasteiger partial charge in [-0.1, -0.05) is 43.7 Å². The van der Waals surface area contributed by atoms with Crippen molar-refractivity contribution in [1.29, 1.82) is 0 Å². The number of benzene rings is 1. The first-order valence-electron chi connectivity index (χ1n) is 6.97. The van der Waals surface area contributed by atoms with E-state index in [2.05, 4.69) is 26.8 Å². The minimum Gasteiger partial charge on any atom is -0.455 e. The molecule has 0 N–H and O–H groups in total. The highest BCUT2D eigenvalue weighted by Gasteiger charge is 2.38. The zero-order valence-electron chi connectivity index (χ0n) is 12.0. The lowest BCUT2D eigenvalue weighted by Gasteiger charge is -2.39. The molecule has 102 valence electrons. The van der Waals surface area contributed by atoms with E-state index in [4.69, 9.17) is 4.74 Å². The van der Waals surface area contributed by atoms with E-state index in [9.17, 15) is 4.79 Å². The minimum absolute atomic E-state index is 0.206. The van der Waals surface area contributed by atoms with Gasteiger partial charge in [-0.3, -0.25) is 0 Å². The quantitative estimate of drug-likeness (QED) is 0.594. The van der Waals surface area contributed by atoms with Crippen LogP contribution in [0.3, 0.4) is 0 Å². The number of ether oxygens (including phenoxy) is 1. The van der Waals surface area contributed by atoms with Crippen LogP contribution in [0.1, 0.15) is 50.4 Å². The van der Waals surface area contributed by atoms with Gasteiger partial charge in [0.05, 0.1) is 5.56 Å². The number of allylic oxidation sites excluding steroid dienone is 1. The molecule has 2 nitrogen and oxygen atoms in total. The minimum atomic E-state index is -0.341. The van der Waals surface area contributed by atoms with Crippen molar-refractivity contribution in [2.45, 2.75) is 45.6 Å². The molecule has 0 saturated heterocycles. The molecular weight excluding hydrogens is 236 g/mol. The topological polar surface area (TPSA) is 26.3 Å². The Morgan fingerprint density at radius 2 is 1.95 bits per heavy atom. The normalized spacial score (nSPS) is 23.1. The molecule has 0 saturated carbocycles. The molecule has 1 atom stereocenters. The van der Waals surface area contributed by atoms with Gasteiger partial charge in [0, 0.05) is 6.42 Å². The van der Waals surface area contributed by atoms with Crippen molar-refractivity contribution in [1.82, 2.24) is 0 Å². The van der Waals surface area contributed by atoms with Gasteiger partial charge in [-0.05, 0) is 37.8 Å². The smallest absolute Gasteiger partial charge is 0.338 e. The van der Waals surface area contributed by atoms with Crippen LogP contribution in [0.5, 0.6) is 0 Å². The summed E-state index contributed by atoms with van der Waals surface area (Å²) in [5.74, 6) is 0.117. The van der Waals surface area contributed by atoms with Crippen LogP contribution in [0.25, 0.3) is 0 Å². The summed E-state index contributed by atoms with van der Waals surface area (Å²) in [4.78, 5) is 12.3. The van der Waals surface area contributed by atoms with Crippen molar-refractivity contribution < 1.29 is 9.53 Å². The van der Waals surface area contributed by atoms with Gasteiger partial charge in [-0.25, -0.2) is 4.79 Å². The fraction of sp³-hybridized carbons (Fsp3) is 0.471. The summed E-state index contributed by atoms with van der Waals surface area (Å²) in [5, 5.41) is 0. The van der Waals surface area contributed by atoms with Crippen LogP contribution >= 0.6 is 0 Å². The fourth-order valence-corrected chi connectivity index (χ4v) is 2.51. The van der Waals surface area contributed by atoms with E-state index in [-0.39, 0.29) is 11.6 Å². The van der Waals surface area contributed by atoms with E-state index in [1.165, 1.54) is 5.57 Å². The van der Waals surface area contributed by atoms with Crippen molar-refractivity contribution in [3.8, 4) is 0 Å². The number of hydrogen-bond acceptors (Lipinski definition) is 2.